The first-order chi connectivity index (χ1) is 16.1. The molecule has 0 unspecified atom stereocenters. The molecular formula is C24H25N3O6. The molecule has 9 heteroatoms. The first-order valence-corrected chi connectivity index (χ1v) is 10.6. The Morgan fingerprint density at radius 1 is 1.06 bits per heavy atom. The number of nitrogens with zero attached hydrogens (tertiary/aromatic N) is 1. The topological polar surface area (TPSA) is 112 Å². The molecule has 0 aliphatic carbocycles. The fourth-order valence-corrected chi connectivity index (χ4v) is 3.33. The zero-order valence-electron chi connectivity index (χ0n) is 18.2. The summed E-state index contributed by atoms with van der Waals surface area (Å²) in [6, 6.07) is 15.3. The predicted molar refractivity (Wildman–Crippen MR) is 120 cm³/mol. The van der Waals surface area contributed by atoms with Gasteiger partial charge >= 0.3 is 0 Å². The second-order valence-corrected chi connectivity index (χ2v) is 7.52. The molecule has 0 bridgehead atoms. The van der Waals surface area contributed by atoms with E-state index in [0.717, 1.165) is 19.4 Å². The van der Waals surface area contributed by atoms with Crippen molar-refractivity contribution in [1.29, 1.82) is 0 Å². The Kier molecular flexibility index (Phi) is 7.21. The molecule has 3 aromatic rings. The summed E-state index contributed by atoms with van der Waals surface area (Å²) in [6.45, 7) is 1.31. The Morgan fingerprint density at radius 2 is 1.82 bits per heavy atom. The van der Waals surface area contributed by atoms with E-state index >= 15 is 0 Å². The second kappa shape index (κ2) is 10.6. The van der Waals surface area contributed by atoms with Crippen molar-refractivity contribution in [3.8, 4) is 11.5 Å². The summed E-state index contributed by atoms with van der Waals surface area (Å²) in [5, 5.41) is 9.42. The van der Waals surface area contributed by atoms with E-state index in [1.54, 1.807) is 61.7 Å². The molecule has 4 rings (SSSR count). The van der Waals surface area contributed by atoms with Gasteiger partial charge in [0, 0.05) is 30.5 Å². The van der Waals surface area contributed by atoms with Gasteiger partial charge < -0.3 is 29.4 Å². The third-order valence-electron chi connectivity index (χ3n) is 5.15. The van der Waals surface area contributed by atoms with Gasteiger partial charge in [-0.05, 0) is 61.4 Å². The van der Waals surface area contributed by atoms with Gasteiger partial charge in [0.1, 0.15) is 18.1 Å². The molecule has 0 radical (unpaired) electrons. The highest BCUT2D eigenvalue weighted by molar-refractivity contribution is 6.04. The zero-order valence-corrected chi connectivity index (χ0v) is 18.2. The number of rotatable bonds is 9. The molecule has 2 aromatic carbocycles. The van der Waals surface area contributed by atoms with Crippen LogP contribution in [-0.4, -0.2) is 43.3 Å². The summed E-state index contributed by atoms with van der Waals surface area (Å²) in [7, 11) is 1.57. The molecule has 33 heavy (non-hydrogen) atoms. The largest absolute Gasteiger partial charge is 0.497 e. The Labute approximate surface area is 191 Å². The zero-order chi connectivity index (χ0) is 23.0. The first-order valence-electron chi connectivity index (χ1n) is 10.6. The SMILES string of the molecule is COc1ccc(C(=O)Nc2ccc(OCc3cc(C(=O)NC[C@@H]4CCCO4)no3)cc2)cc1. The van der Waals surface area contributed by atoms with Crippen molar-refractivity contribution in [1.82, 2.24) is 10.5 Å². The van der Waals surface area contributed by atoms with Gasteiger partial charge in [0.25, 0.3) is 11.8 Å². The van der Waals surface area contributed by atoms with Crippen LogP contribution in [0.3, 0.4) is 0 Å². The van der Waals surface area contributed by atoms with Crippen molar-refractivity contribution in [3.63, 3.8) is 0 Å². The minimum Gasteiger partial charge on any atom is -0.497 e. The van der Waals surface area contributed by atoms with Crippen LogP contribution in [0.25, 0.3) is 0 Å². The number of benzene rings is 2. The summed E-state index contributed by atoms with van der Waals surface area (Å²) in [5.41, 5.74) is 1.35. The van der Waals surface area contributed by atoms with Crippen molar-refractivity contribution in [3.05, 3.63) is 71.6 Å². The molecular weight excluding hydrogens is 426 g/mol. The monoisotopic (exact) mass is 451 g/mol. The molecule has 1 aliphatic heterocycles. The molecule has 1 aromatic heterocycles. The Balaban J connectivity index is 1.24. The van der Waals surface area contributed by atoms with E-state index in [1.807, 2.05) is 0 Å². The lowest BCUT2D eigenvalue weighted by molar-refractivity contribution is 0.0850. The molecule has 1 fully saturated rings. The predicted octanol–water partition coefficient (Wildman–Crippen LogP) is 3.42. The lowest BCUT2D eigenvalue weighted by Crippen LogP contribution is -2.31. The molecule has 0 spiro atoms. The number of carbonyl (C=O) groups excluding carboxylic acids is 2. The van der Waals surface area contributed by atoms with Gasteiger partial charge in [-0.3, -0.25) is 9.59 Å². The third kappa shape index (κ3) is 6.11. The number of hydrogen-bond donors (Lipinski definition) is 2. The van der Waals surface area contributed by atoms with Crippen molar-refractivity contribution >= 4 is 17.5 Å². The summed E-state index contributed by atoms with van der Waals surface area (Å²) in [4.78, 5) is 24.5. The fourth-order valence-electron chi connectivity index (χ4n) is 3.33. The number of methoxy groups -OCH3 is 1. The van der Waals surface area contributed by atoms with Crippen LogP contribution in [0, 0.1) is 0 Å². The van der Waals surface area contributed by atoms with Crippen LogP contribution in [0.4, 0.5) is 5.69 Å². The van der Waals surface area contributed by atoms with Gasteiger partial charge in [0.2, 0.25) is 0 Å². The van der Waals surface area contributed by atoms with Gasteiger partial charge in [-0.15, -0.1) is 0 Å². The minimum absolute atomic E-state index is 0.0626. The van der Waals surface area contributed by atoms with Gasteiger partial charge in [-0.2, -0.15) is 0 Å². The van der Waals surface area contributed by atoms with E-state index in [2.05, 4.69) is 15.8 Å². The third-order valence-corrected chi connectivity index (χ3v) is 5.15. The summed E-state index contributed by atoms with van der Waals surface area (Å²) in [6.07, 6.45) is 2.03. The molecule has 2 heterocycles. The molecule has 9 nitrogen and oxygen atoms in total. The molecule has 2 amide bonds. The van der Waals surface area contributed by atoms with Crippen LogP contribution in [0.1, 0.15) is 39.4 Å². The molecule has 1 aliphatic rings. The molecule has 1 atom stereocenters. The molecule has 172 valence electrons. The Morgan fingerprint density at radius 3 is 2.52 bits per heavy atom. The van der Waals surface area contributed by atoms with Gasteiger partial charge in [-0.1, -0.05) is 5.16 Å². The molecule has 1 saturated heterocycles. The number of carbonyl (C=O) groups is 2. The van der Waals surface area contributed by atoms with Crippen LogP contribution in [0.2, 0.25) is 0 Å². The smallest absolute Gasteiger partial charge is 0.273 e. The highest BCUT2D eigenvalue weighted by atomic mass is 16.5. The van der Waals surface area contributed by atoms with Crippen molar-refractivity contribution in [2.45, 2.75) is 25.6 Å². The number of nitrogens with one attached hydrogen (secondary N) is 2. The van der Waals surface area contributed by atoms with Crippen LogP contribution in [0.15, 0.2) is 59.1 Å². The average Bonchev–Trinajstić information content (AvgIpc) is 3.54. The maximum absolute atomic E-state index is 12.3. The Bertz CT molecular complexity index is 1070. The van der Waals surface area contributed by atoms with Crippen molar-refractivity contribution in [2.24, 2.45) is 0 Å². The highest BCUT2D eigenvalue weighted by Crippen LogP contribution is 2.19. The molecule has 2 N–H and O–H groups in total. The number of ether oxygens (including phenoxy) is 3. The number of amides is 2. The quantitative estimate of drug-likeness (QED) is 0.513. The second-order valence-electron chi connectivity index (χ2n) is 7.52. The maximum Gasteiger partial charge on any atom is 0.273 e. The van der Waals surface area contributed by atoms with Gasteiger partial charge in [0.15, 0.2) is 11.5 Å². The van der Waals surface area contributed by atoms with Gasteiger partial charge in [0.05, 0.1) is 13.2 Å². The summed E-state index contributed by atoms with van der Waals surface area (Å²) in [5.74, 6) is 1.16. The average molecular weight is 451 g/mol. The van der Waals surface area contributed by atoms with Crippen LogP contribution < -0.4 is 20.1 Å². The number of aromatic nitrogens is 1. The lowest BCUT2D eigenvalue weighted by atomic mass is 10.2. The van der Waals surface area contributed by atoms with Crippen LogP contribution in [-0.2, 0) is 11.3 Å². The van der Waals surface area contributed by atoms with Gasteiger partial charge in [-0.25, -0.2) is 0 Å². The number of anilines is 1. The van der Waals surface area contributed by atoms with E-state index in [1.165, 1.54) is 0 Å². The molecule has 0 saturated carbocycles. The van der Waals surface area contributed by atoms with Crippen molar-refractivity contribution < 1.29 is 28.3 Å². The Hall–Kier alpha value is -3.85. The van der Waals surface area contributed by atoms with E-state index in [4.69, 9.17) is 18.7 Å². The van der Waals surface area contributed by atoms with E-state index in [-0.39, 0.29) is 30.2 Å². The first kappa shape index (κ1) is 22.3. The fraction of sp³-hybridized carbons (Fsp3) is 0.292. The standard InChI is InChI=1S/C24H25N3O6/c1-30-18-8-4-16(5-9-18)23(28)26-17-6-10-19(11-7-17)32-15-21-13-22(27-33-21)24(29)25-14-20-3-2-12-31-20/h4-11,13,20H,2-3,12,14-15H2,1H3,(H,25,29)(H,26,28)/t20-/m0/s1. The summed E-state index contributed by atoms with van der Waals surface area (Å²) < 4.78 is 21.5. The summed E-state index contributed by atoms with van der Waals surface area (Å²) >= 11 is 0. The van der Waals surface area contributed by atoms with Crippen molar-refractivity contribution in [2.75, 3.05) is 25.6 Å². The van der Waals surface area contributed by atoms with E-state index in [9.17, 15) is 9.59 Å². The highest BCUT2D eigenvalue weighted by Gasteiger charge is 2.18. The normalized spacial score (nSPS) is 15.1. The van der Waals surface area contributed by atoms with Crippen LogP contribution >= 0.6 is 0 Å². The maximum atomic E-state index is 12.3. The lowest BCUT2D eigenvalue weighted by Gasteiger charge is -2.09. The van der Waals surface area contributed by atoms with E-state index < -0.39 is 0 Å². The number of hydrogen-bond acceptors (Lipinski definition) is 7. The minimum atomic E-state index is -0.308. The van der Waals surface area contributed by atoms with Crippen LogP contribution in [0.5, 0.6) is 11.5 Å². The van der Waals surface area contributed by atoms with E-state index in [0.29, 0.717) is 35.1 Å².